The van der Waals surface area contributed by atoms with Crippen LogP contribution in [0.5, 0.6) is 11.5 Å². The summed E-state index contributed by atoms with van der Waals surface area (Å²) in [6.45, 7) is 3.15. The number of fused-ring (bicyclic) bond motifs is 1. The smallest absolute Gasteiger partial charge is 0.153 e. The number of hydrogen-bond donors (Lipinski definition) is 2. The number of rotatable bonds is 5. The number of nitrogens with one attached hydrogen (secondary N) is 1. The molecule has 0 saturated carbocycles. The number of para-hydroxylation sites is 1. The molecule has 1 heterocycles. The number of aryl methyl sites for hydroxylation is 1. The van der Waals surface area contributed by atoms with Crippen LogP contribution >= 0.6 is 11.6 Å². The SMILES string of the molecule is Cc1cc(NCCN)c2c(Cl)ccc(Oc3ccccc3)c2n1. The number of hydrogen-bond acceptors (Lipinski definition) is 4. The van der Waals surface area contributed by atoms with E-state index in [1.807, 2.05) is 55.5 Å². The predicted molar refractivity (Wildman–Crippen MR) is 95.6 cm³/mol. The van der Waals surface area contributed by atoms with E-state index in [-0.39, 0.29) is 0 Å². The van der Waals surface area contributed by atoms with Gasteiger partial charge in [-0.3, -0.25) is 0 Å². The lowest BCUT2D eigenvalue weighted by Crippen LogP contribution is -2.13. The van der Waals surface area contributed by atoms with Crippen LogP contribution in [-0.2, 0) is 0 Å². The van der Waals surface area contributed by atoms with E-state index in [1.54, 1.807) is 0 Å². The van der Waals surface area contributed by atoms with E-state index in [2.05, 4.69) is 10.3 Å². The van der Waals surface area contributed by atoms with Gasteiger partial charge in [0.25, 0.3) is 0 Å². The zero-order valence-electron chi connectivity index (χ0n) is 12.8. The first-order chi connectivity index (χ1) is 11.2. The molecule has 0 amide bonds. The molecule has 0 aliphatic rings. The summed E-state index contributed by atoms with van der Waals surface area (Å²) in [4.78, 5) is 4.62. The number of halogens is 1. The summed E-state index contributed by atoms with van der Waals surface area (Å²) in [5.74, 6) is 1.44. The van der Waals surface area contributed by atoms with Gasteiger partial charge in [-0.25, -0.2) is 4.98 Å². The van der Waals surface area contributed by atoms with Crippen LogP contribution in [-0.4, -0.2) is 18.1 Å². The van der Waals surface area contributed by atoms with Gasteiger partial charge in [0.15, 0.2) is 5.75 Å². The van der Waals surface area contributed by atoms with Crippen LogP contribution in [0.25, 0.3) is 10.9 Å². The van der Waals surface area contributed by atoms with Crippen LogP contribution in [0.4, 0.5) is 5.69 Å². The fourth-order valence-electron chi connectivity index (χ4n) is 2.45. The van der Waals surface area contributed by atoms with E-state index in [4.69, 9.17) is 22.1 Å². The van der Waals surface area contributed by atoms with E-state index in [0.29, 0.717) is 23.9 Å². The van der Waals surface area contributed by atoms with Gasteiger partial charge in [0.2, 0.25) is 0 Å². The van der Waals surface area contributed by atoms with Crippen molar-refractivity contribution < 1.29 is 4.74 Å². The van der Waals surface area contributed by atoms with Crippen molar-refractivity contribution in [1.82, 2.24) is 4.98 Å². The molecule has 1 aromatic heterocycles. The van der Waals surface area contributed by atoms with Crippen LogP contribution in [0.2, 0.25) is 5.02 Å². The lowest BCUT2D eigenvalue weighted by atomic mass is 10.1. The van der Waals surface area contributed by atoms with Gasteiger partial charge < -0.3 is 15.8 Å². The highest BCUT2D eigenvalue weighted by molar-refractivity contribution is 6.36. The Balaban J connectivity index is 2.12. The number of ether oxygens (including phenoxy) is 1. The molecule has 0 radical (unpaired) electrons. The average Bonchev–Trinajstić information content (AvgIpc) is 2.56. The van der Waals surface area contributed by atoms with E-state index >= 15 is 0 Å². The lowest BCUT2D eigenvalue weighted by molar-refractivity contribution is 0.487. The molecule has 0 unspecified atom stereocenters. The molecule has 0 aliphatic carbocycles. The average molecular weight is 328 g/mol. The number of anilines is 1. The molecule has 0 atom stereocenters. The molecule has 5 heteroatoms. The molecule has 23 heavy (non-hydrogen) atoms. The first-order valence-electron chi connectivity index (χ1n) is 7.45. The highest BCUT2D eigenvalue weighted by Gasteiger charge is 2.13. The van der Waals surface area contributed by atoms with E-state index in [0.717, 1.165) is 28.0 Å². The summed E-state index contributed by atoms with van der Waals surface area (Å²) >= 11 is 6.40. The Morgan fingerprint density at radius 3 is 2.70 bits per heavy atom. The summed E-state index contributed by atoms with van der Waals surface area (Å²) in [6.07, 6.45) is 0. The van der Waals surface area contributed by atoms with E-state index in [1.165, 1.54) is 0 Å². The summed E-state index contributed by atoms with van der Waals surface area (Å²) in [5, 5.41) is 4.78. The molecular formula is C18H18ClN3O. The number of pyridine rings is 1. The maximum atomic E-state index is 6.40. The Bertz CT molecular complexity index is 821. The van der Waals surface area contributed by atoms with Gasteiger partial charge in [-0.05, 0) is 37.3 Å². The Hall–Kier alpha value is -2.30. The summed E-state index contributed by atoms with van der Waals surface area (Å²) in [7, 11) is 0. The molecule has 0 saturated heterocycles. The second kappa shape index (κ2) is 6.86. The van der Waals surface area contributed by atoms with Crippen molar-refractivity contribution in [2.24, 2.45) is 5.73 Å². The molecule has 2 aromatic carbocycles. The highest BCUT2D eigenvalue weighted by Crippen LogP contribution is 2.37. The third kappa shape index (κ3) is 3.38. The summed E-state index contributed by atoms with van der Waals surface area (Å²) in [6, 6.07) is 15.3. The molecule has 4 nitrogen and oxygen atoms in total. The van der Waals surface area contributed by atoms with Gasteiger partial charge in [0, 0.05) is 29.9 Å². The predicted octanol–water partition coefficient (Wildman–Crippen LogP) is 4.36. The molecule has 0 fully saturated rings. The lowest BCUT2D eigenvalue weighted by Gasteiger charge is -2.14. The fraction of sp³-hybridized carbons (Fsp3) is 0.167. The van der Waals surface area contributed by atoms with Crippen LogP contribution in [0, 0.1) is 6.92 Å². The van der Waals surface area contributed by atoms with E-state index < -0.39 is 0 Å². The second-order valence-electron chi connectivity index (χ2n) is 5.21. The molecule has 0 aliphatic heterocycles. The van der Waals surface area contributed by atoms with Crippen LogP contribution < -0.4 is 15.8 Å². The molecule has 3 aromatic rings. The Morgan fingerprint density at radius 1 is 1.17 bits per heavy atom. The normalized spacial score (nSPS) is 10.7. The van der Waals surface area contributed by atoms with Gasteiger partial charge in [-0.2, -0.15) is 0 Å². The summed E-state index contributed by atoms with van der Waals surface area (Å²) < 4.78 is 5.99. The van der Waals surface area contributed by atoms with Gasteiger partial charge in [-0.15, -0.1) is 0 Å². The van der Waals surface area contributed by atoms with Crippen molar-refractivity contribution in [2.75, 3.05) is 18.4 Å². The molecule has 0 bridgehead atoms. The van der Waals surface area contributed by atoms with Gasteiger partial charge in [0.05, 0.1) is 5.02 Å². The van der Waals surface area contributed by atoms with Crippen molar-refractivity contribution in [3.8, 4) is 11.5 Å². The fourth-order valence-corrected chi connectivity index (χ4v) is 2.70. The molecule has 3 N–H and O–H groups in total. The largest absolute Gasteiger partial charge is 0.455 e. The third-order valence-corrected chi connectivity index (χ3v) is 3.75. The highest BCUT2D eigenvalue weighted by atomic mass is 35.5. The minimum absolute atomic E-state index is 0.542. The van der Waals surface area contributed by atoms with Crippen LogP contribution in [0.15, 0.2) is 48.5 Å². The standard InChI is InChI=1S/C18H18ClN3O/c1-12-11-15(21-10-9-20)17-14(19)7-8-16(18(17)22-12)23-13-5-3-2-4-6-13/h2-8,11H,9-10,20H2,1H3,(H,21,22). The molecule has 118 valence electrons. The Morgan fingerprint density at radius 2 is 1.96 bits per heavy atom. The van der Waals surface area contributed by atoms with E-state index in [9.17, 15) is 0 Å². The minimum atomic E-state index is 0.542. The Kier molecular flexibility index (Phi) is 4.65. The third-order valence-electron chi connectivity index (χ3n) is 3.43. The van der Waals surface area contributed by atoms with Crippen molar-refractivity contribution in [3.63, 3.8) is 0 Å². The first kappa shape index (κ1) is 15.6. The zero-order valence-corrected chi connectivity index (χ0v) is 13.6. The number of aromatic nitrogens is 1. The quantitative estimate of drug-likeness (QED) is 0.731. The number of benzene rings is 2. The second-order valence-corrected chi connectivity index (χ2v) is 5.62. The molecular weight excluding hydrogens is 310 g/mol. The zero-order chi connectivity index (χ0) is 16.2. The van der Waals surface area contributed by atoms with Crippen molar-refractivity contribution >= 4 is 28.2 Å². The maximum absolute atomic E-state index is 6.40. The minimum Gasteiger partial charge on any atom is -0.455 e. The number of nitrogens with two attached hydrogens (primary N) is 1. The number of nitrogens with zero attached hydrogens (tertiary/aromatic N) is 1. The topological polar surface area (TPSA) is 60.2 Å². The summed E-state index contributed by atoms with van der Waals surface area (Å²) in [5.41, 5.74) is 8.13. The van der Waals surface area contributed by atoms with Gasteiger partial charge in [-0.1, -0.05) is 29.8 Å². The van der Waals surface area contributed by atoms with Crippen LogP contribution in [0.1, 0.15) is 5.69 Å². The Labute approximate surface area is 140 Å². The van der Waals surface area contributed by atoms with Crippen molar-refractivity contribution in [3.05, 3.63) is 59.2 Å². The van der Waals surface area contributed by atoms with Gasteiger partial charge >= 0.3 is 0 Å². The first-order valence-corrected chi connectivity index (χ1v) is 7.83. The monoisotopic (exact) mass is 327 g/mol. The van der Waals surface area contributed by atoms with Crippen molar-refractivity contribution in [1.29, 1.82) is 0 Å². The van der Waals surface area contributed by atoms with Gasteiger partial charge in [0.1, 0.15) is 11.3 Å². The molecule has 3 rings (SSSR count). The van der Waals surface area contributed by atoms with Crippen molar-refractivity contribution in [2.45, 2.75) is 6.92 Å². The molecule has 0 spiro atoms. The maximum Gasteiger partial charge on any atom is 0.153 e. The van der Waals surface area contributed by atoms with Crippen LogP contribution in [0.3, 0.4) is 0 Å².